The number of imidazole rings is 1. The summed E-state index contributed by atoms with van der Waals surface area (Å²) in [6, 6.07) is 0.509. The average molecular weight is 273 g/mol. The molecule has 4 fully saturated rings. The average Bonchev–Trinajstić information content (AvgIpc) is 2.87. The highest BCUT2D eigenvalue weighted by atomic mass is 15.1. The molecule has 4 bridgehead atoms. The second kappa shape index (κ2) is 4.87. The monoisotopic (exact) mass is 273 g/mol. The van der Waals surface area contributed by atoms with Crippen LogP contribution in [0.1, 0.15) is 56.8 Å². The summed E-state index contributed by atoms with van der Waals surface area (Å²) in [7, 11) is 2.04. The number of nitrogens with zero attached hydrogens (tertiary/aromatic N) is 2. The summed E-state index contributed by atoms with van der Waals surface area (Å²) in [5.74, 6) is 6.08. The van der Waals surface area contributed by atoms with Crippen LogP contribution in [0.15, 0.2) is 12.4 Å². The lowest BCUT2D eigenvalue weighted by atomic mass is 9.51. The van der Waals surface area contributed by atoms with E-state index in [0.29, 0.717) is 6.04 Å². The van der Waals surface area contributed by atoms with Gasteiger partial charge in [-0.05, 0) is 69.7 Å². The van der Waals surface area contributed by atoms with Crippen LogP contribution in [0.2, 0.25) is 0 Å². The van der Waals surface area contributed by atoms with Gasteiger partial charge < -0.3 is 9.88 Å². The molecule has 5 rings (SSSR count). The van der Waals surface area contributed by atoms with Gasteiger partial charge in [-0.2, -0.15) is 0 Å². The largest absolute Gasteiger partial charge is 0.331 e. The molecule has 0 spiro atoms. The molecule has 0 saturated heterocycles. The number of hydrogen-bond donors (Lipinski definition) is 1. The van der Waals surface area contributed by atoms with Crippen molar-refractivity contribution >= 4 is 0 Å². The Morgan fingerprint density at radius 1 is 1.20 bits per heavy atom. The minimum atomic E-state index is 0.509. The Morgan fingerprint density at radius 3 is 2.45 bits per heavy atom. The lowest BCUT2D eigenvalue weighted by Gasteiger charge is -2.54. The van der Waals surface area contributed by atoms with E-state index in [1.54, 1.807) is 0 Å². The third-order valence-electron chi connectivity index (χ3n) is 6.20. The first kappa shape index (κ1) is 12.9. The maximum atomic E-state index is 4.80. The summed E-state index contributed by atoms with van der Waals surface area (Å²) in [4.78, 5) is 4.80. The normalized spacial score (nSPS) is 40.2. The zero-order chi connectivity index (χ0) is 13.7. The Balaban J connectivity index is 1.63. The number of likely N-dealkylation sites (N-methyl/N-ethyl adjacent to an activating group) is 1. The minimum absolute atomic E-state index is 0.509. The number of nitrogens with one attached hydrogen (secondary N) is 1. The van der Waals surface area contributed by atoms with Crippen molar-refractivity contribution < 1.29 is 0 Å². The van der Waals surface area contributed by atoms with E-state index in [2.05, 4.69) is 23.0 Å². The van der Waals surface area contributed by atoms with Gasteiger partial charge in [0.05, 0.1) is 0 Å². The highest BCUT2D eigenvalue weighted by Gasteiger charge is 2.49. The maximum absolute atomic E-state index is 4.80. The molecule has 3 nitrogen and oxygen atoms in total. The number of rotatable bonds is 4. The second-order valence-corrected chi connectivity index (χ2v) is 7.56. The van der Waals surface area contributed by atoms with Gasteiger partial charge in [0.1, 0.15) is 5.82 Å². The first-order valence-electron chi connectivity index (χ1n) is 8.43. The Kier molecular flexibility index (Phi) is 3.13. The Morgan fingerprint density at radius 2 is 1.85 bits per heavy atom. The second-order valence-electron chi connectivity index (χ2n) is 7.56. The molecule has 0 aliphatic heterocycles. The molecule has 3 heteroatoms. The predicted octanol–water partition coefficient (Wildman–Crippen LogP) is 3.20. The molecular weight excluding hydrogens is 246 g/mol. The van der Waals surface area contributed by atoms with Crippen LogP contribution < -0.4 is 5.32 Å². The molecule has 4 aliphatic carbocycles. The fourth-order valence-electron chi connectivity index (χ4n) is 5.70. The fraction of sp³-hybridized carbons (Fsp3) is 0.824. The molecule has 0 radical (unpaired) electrons. The van der Waals surface area contributed by atoms with Gasteiger partial charge >= 0.3 is 0 Å². The number of hydrogen-bond acceptors (Lipinski definition) is 2. The van der Waals surface area contributed by atoms with Crippen LogP contribution in [0.3, 0.4) is 0 Å². The molecule has 1 heterocycles. The molecule has 110 valence electrons. The van der Waals surface area contributed by atoms with Crippen LogP contribution in [-0.4, -0.2) is 23.1 Å². The van der Waals surface area contributed by atoms with Crippen molar-refractivity contribution in [2.75, 3.05) is 13.6 Å². The van der Waals surface area contributed by atoms with Crippen LogP contribution >= 0.6 is 0 Å². The summed E-state index contributed by atoms with van der Waals surface area (Å²) >= 11 is 0. The van der Waals surface area contributed by atoms with Crippen molar-refractivity contribution in [3.05, 3.63) is 18.2 Å². The standard InChI is InChI=1S/C17H27N3/c1-11(10-18-2)20-4-3-19-17(20)16-14-6-12-5-13(8-14)9-15(16)7-12/h3-4,11-16,18H,5-10H2,1-2H3. The predicted molar refractivity (Wildman–Crippen MR) is 80.7 cm³/mol. The van der Waals surface area contributed by atoms with Crippen LogP contribution in [0.4, 0.5) is 0 Å². The topological polar surface area (TPSA) is 29.9 Å². The molecule has 0 aromatic carbocycles. The third-order valence-corrected chi connectivity index (χ3v) is 6.20. The molecule has 4 saturated carbocycles. The summed E-state index contributed by atoms with van der Waals surface area (Å²) in [6.45, 7) is 3.33. The van der Waals surface area contributed by atoms with E-state index >= 15 is 0 Å². The maximum Gasteiger partial charge on any atom is 0.112 e. The lowest BCUT2D eigenvalue weighted by molar-refractivity contribution is -0.00708. The Hall–Kier alpha value is -0.830. The number of aromatic nitrogens is 2. The van der Waals surface area contributed by atoms with Crippen LogP contribution in [0.5, 0.6) is 0 Å². The van der Waals surface area contributed by atoms with E-state index in [9.17, 15) is 0 Å². The van der Waals surface area contributed by atoms with Crippen molar-refractivity contribution in [2.24, 2.45) is 23.7 Å². The molecule has 1 N–H and O–H groups in total. The molecule has 1 unspecified atom stereocenters. The Labute approximate surface area is 122 Å². The molecule has 0 amide bonds. The van der Waals surface area contributed by atoms with E-state index in [4.69, 9.17) is 4.98 Å². The highest BCUT2D eigenvalue weighted by molar-refractivity contribution is 5.13. The lowest BCUT2D eigenvalue weighted by Crippen LogP contribution is -2.44. The summed E-state index contributed by atoms with van der Waals surface area (Å²) in [5.41, 5.74) is 0. The fourth-order valence-corrected chi connectivity index (χ4v) is 5.70. The van der Waals surface area contributed by atoms with E-state index in [1.807, 2.05) is 13.2 Å². The SMILES string of the molecule is CNCC(C)n1ccnc1C1C2CC3CC(C2)CC1C3. The van der Waals surface area contributed by atoms with Gasteiger partial charge in [-0.1, -0.05) is 0 Å². The molecular formula is C17H27N3. The van der Waals surface area contributed by atoms with Gasteiger partial charge in [0.15, 0.2) is 0 Å². The van der Waals surface area contributed by atoms with Crippen molar-refractivity contribution in [1.29, 1.82) is 0 Å². The van der Waals surface area contributed by atoms with E-state index < -0.39 is 0 Å². The molecule has 1 atom stereocenters. The van der Waals surface area contributed by atoms with Crippen LogP contribution in [0, 0.1) is 23.7 Å². The van der Waals surface area contributed by atoms with E-state index in [0.717, 1.165) is 36.1 Å². The zero-order valence-electron chi connectivity index (χ0n) is 12.8. The van der Waals surface area contributed by atoms with Crippen molar-refractivity contribution in [1.82, 2.24) is 14.9 Å². The van der Waals surface area contributed by atoms with Gasteiger partial charge in [-0.15, -0.1) is 0 Å². The Bertz CT molecular complexity index is 450. The highest BCUT2D eigenvalue weighted by Crippen LogP contribution is 2.59. The molecule has 4 aliphatic rings. The molecule has 20 heavy (non-hydrogen) atoms. The van der Waals surface area contributed by atoms with Crippen molar-refractivity contribution in [3.63, 3.8) is 0 Å². The zero-order valence-corrected chi connectivity index (χ0v) is 12.8. The van der Waals surface area contributed by atoms with Crippen molar-refractivity contribution in [2.45, 2.75) is 51.0 Å². The van der Waals surface area contributed by atoms with Gasteiger partial charge in [0, 0.05) is 30.9 Å². The summed E-state index contributed by atoms with van der Waals surface area (Å²) < 4.78 is 2.45. The quantitative estimate of drug-likeness (QED) is 0.913. The first-order valence-corrected chi connectivity index (χ1v) is 8.43. The summed E-state index contributed by atoms with van der Waals surface area (Å²) in [5, 5.41) is 3.30. The minimum Gasteiger partial charge on any atom is -0.331 e. The molecule has 1 aromatic heterocycles. The van der Waals surface area contributed by atoms with E-state index in [-0.39, 0.29) is 0 Å². The molecule has 1 aromatic rings. The summed E-state index contributed by atoms with van der Waals surface area (Å²) in [6.07, 6.45) is 11.7. The van der Waals surface area contributed by atoms with Crippen LogP contribution in [0.25, 0.3) is 0 Å². The van der Waals surface area contributed by atoms with Gasteiger partial charge in [-0.3, -0.25) is 0 Å². The smallest absolute Gasteiger partial charge is 0.112 e. The first-order chi connectivity index (χ1) is 9.76. The van der Waals surface area contributed by atoms with Crippen molar-refractivity contribution in [3.8, 4) is 0 Å². The van der Waals surface area contributed by atoms with Crippen LogP contribution in [-0.2, 0) is 0 Å². The van der Waals surface area contributed by atoms with Gasteiger partial charge in [0.2, 0.25) is 0 Å². The van der Waals surface area contributed by atoms with Gasteiger partial charge in [0.25, 0.3) is 0 Å². The third kappa shape index (κ3) is 1.93. The van der Waals surface area contributed by atoms with E-state index in [1.165, 1.54) is 37.9 Å². The van der Waals surface area contributed by atoms with Gasteiger partial charge in [-0.25, -0.2) is 4.98 Å².